The van der Waals surface area contributed by atoms with Crippen molar-refractivity contribution in [1.29, 1.82) is 0 Å². The molecule has 2 heterocycles. The molecule has 3 aromatic carbocycles. The summed E-state index contributed by atoms with van der Waals surface area (Å²) in [5.41, 5.74) is 4.98. The Labute approximate surface area is 202 Å². The van der Waals surface area contributed by atoms with E-state index in [1.165, 1.54) is 11.8 Å². The molecule has 7 heteroatoms. The predicted molar refractivity (Wildman–Crippen MR) is 133 cm³/mol. The molecule has 2 aromatic heterocycles. The second kappa shape index (κ2) is 9.68. The molecule has 5 aromatic rings. The monoisotopic (exact) mass is 467 g/mol. The van der Waals surface area contributed by atoms with Crippen LogP contribution >= 0.6 is 0 Å². The first-order valence-corrected chi connectivity index (χ1v) is 11.3. The van der Waals surface area contributed by atoms with Crippen LogP contribution < -0.4 is 0 Å². The van der Waals surface area contributed by atoms with Crippen LogP contribution in [0, 0.1) is 0 Å². The number of ketones is 1. The van der Waals surface area contributed by atoms with Crippen LogP contribution in [0.3, 0.4) is 0 Å². The molecule has 35 heavy (non-hydrogen) atoms. The molecule has 0 amide bonds. The average Bonchev–Trinajstić information content (AvgIpc) is 3.53. The summed E-state index contributed by atoms with van der Waals surface area (Å²) in [6.07, 6.45) is 3.53. The minimum Gasteiger partial charge on any atom is -0.392 e. The number of hydrogen-bond donors (Lipinski definition) is 4. The SMILES string of the molecule is O=C(c1cc(CO)c(CO)c(CO)c1)c1cnc(-c2cn(Cc3ccccc3)c3ccccc23)[nH]1. The Balaban J connectivity index is 1.52. The highest BCUT2D eigenvalue weighted by atomic mass is 16.3. The first-order chi connectivity index (χ1) is 17.1. The van der Waals surface area contributed by atoms with Gasteiger partial charge < -0.3 is 24.9 Å². The summed E-state index contributed by atoms with van der Waals surface area (Å²) in [7, 11) is 0. The van der Waals surface area contributed by atoms with E-state index in [1.807, 2.05) is 42.6 Å². The molecule has 0 aliphatic carbocycles. The van der Waals surface area contributed by atoms with Crippen LogP contribution in [0.4, 0.5) is 0 Å². The van der Waals surface area contributed by atoms with E-state index in [4.69, 9.17) is 0 Å². The van der Waals surface area contributed by atoms with Gasteiger partial charge in [-0.15, -0.1) is 0 Å². The molecule has 0 spiro atoms. The number of aliphatic hydroxyl groups is 3. The van der Waals surface area contributed by atoms with Gasteiger partial charge in [-0.1, -0.05) is 48.5 Å². The molecule has 7 nitrogen and oxygen atoms in total. The zero-order valence-corrected chi connectivity index (χ0v) is 19.0. The standard InChI is InChI=1S/C28H25N3O4/c32-15-20-10-19(11-21(16-33)24(20)17-34)27(35)25-12-29-28(30-25)23-14-31(13-18-6-2-1-3-7-18)26-9-5-4-8-22(23)26/h1-12,14,32-34H,13,15-17H2,(H,29,30). The number of nitrogens with zero attached hydrogens (tertiary/aromatic N) is 2. The van der Waals surface area contributed by atoms with Crippen molar-refractivity contribution in [3.05, 3.63) is 113 Å². The van der Waals surface area contributed by atoms with Gasteiger partial charge in [0, 0.05) is 34.8 Å². The van der Waals surface area contributed by atoms with Gasteiger partial charge in [-0.25, -0.2) is 4.98 Å². The van der Waals surface area contributed by atoms with Crippen molar-refractivity contribution in [2.75, 3.05) is 0 Å². The van der Waals surface area contributed by atoms with E-state index in [0.717, 1.165) is 16.5 Å². The number of benzene rings is 3. The fourth-order valence-corrected chi connectivity index (χ4v) is 4.49. The second-order valence-electron chi connectivity index (χ2n) is 8.40. The van der Waals surface area contributed by atoms with Crippen LogP contribution in [-0.2, 0) is 26.4 Å². The van der Waals surface area contributed by atoms with Gasteiger partial charge in [-0.3, -0.25) is 4.79 Å². The van der Waals surface area contributed by atoms with E-state index in [-0.39, 0.29) is 25.6 Å². The highest BCUT2D eigenvalue weighted by Gasteiger charge is 2.19. The van der Waals surface area contributed by atoms with Crippen LogP contribution in [0.5, 0.6) is 0 Å². The number of imidazole rings is 1. The van der Waals surface area contributed by atoms with E-state index in [9.17, 15) is 20.1 Å². The Morgan fingerprint density at radius 1 is 0.886 bits per heavy atom. The Morgan fingerprint density at radius 3 is 2.26 bits per heavy atom. The van der Waals surface area contributed by atoms with Crippen molar-refractivity contribution >= 4 is 16.7 Å². The lowest BCUT2D eigenvalue weighted by Crippen LogP contribution is -2.08. The highest BCUT2D eigenvalue weighted by molar-refractivity contribution is 6.08. The summed E-state index contributed by atoms with van der Waals surface area (Å²) >= 11 is 0. The fraction of sp³-hybridized carbons (Fsp3) is 0.143. The van der Waals surface area contributed by atoms with Crippen molar-refractivity contribution in [1.82, 2.24) is 14.5 Å². The van der Waals surface area contributed by atoms with Crippen LogP contribution in [0.1, 0.15) is 38.3 Å². The van der Waals surface area contributed by atoms with Gasteiger partial charge in [-0.05, 0) is 40.5 Å². The zero-order chi connectivity index (χ0) is 24.4. The topological polar surface area (TPSA) is 111 Å². The summed E-state index contributed by atoms with van der Waals surface area (Å²) in [5.74, 6) is 0.263. The maximum Gasteiger partial charge on any atom is 0.210 e. The van der Waals surface area contributed by atoms with Crippen LogP contribution in [0.25, 0.3) is 22.3 Å². The first kappa shape index (κ1) is 22.7. The summed E-state index contributed by atoms with van der Waals surface area (Å²) in [6, 6.07) is 21.3. The van der Waals surface area contributed by atoms with Crippen molar-refractivity contribution in [3.8, 4) is 11.4 Å². The minimum atomic E-state index is -0.348. The third-order valence-electron chi connectivity index (χ3n) is 6.26. The molecule has 0 atom stereocenters. The van der Waals surface area contributed by atoms with Crippen molar-refractivity contribution in [2.45, 2.75) is 26.4 Å². The lowest BCUT2D eigenvalue weighted by Gasteiger charge is -2.12. The average molecular weight is 468 g/mol. The molecule has 0 unspecified atom stereocenters. The van der Waals surface area contributed by atoms with E-state index < -0.39 is 0 Å². The zero-order valence-electron chi connectivity index (χ0n) is 19.0. The van der Waals surface area contributed by atoms with Gasteiger partial charge in [-0.2, -0.15) is 0 Å². The Kier molecular flexibility index (Phi) is 6.29. The fourth-order valence-electron chi connectivity index (χ4n) is 4.49. The summed E-state index contributed by atoms with van der Waals surface area (Å²) in [5, 5.41) is 30.0. The second-order valence-corrected chi connectivity index (χ2v) is 8.40. The quantitative estimate of drug-likeness (QED) is 0.260. The summed E-state index contributed by atoms with van der Waals surface area (Å²) < 4.78 is 2.17. The number of para-hydroxylation sites is 1. The molecule has 5 rings (SSSR count). The van der Waals surface area contributed by atoms with E-state index in [1.54, 1.807) is 12.1 Å². The predicted octanol–water partition coefficient (Wildman–Crippen LogP) is 3.79. The lowest BCUT2D eigenvalue weighted by molar-refractivity contribution is 0.103. The Bertz CT molecular complexity index is 1480. The van der Waals surface area contributed by atoms with Crippen LogP contribution in [-0.4, -0.2) is 35.6 Å². The number of hydrogen-bond acceptors (Lipinski definition) is 5. The molecular weight excluding hydrogens is 442 g/mol. The molecule has 0 aliphatic rings. The summed E-state index contributed by atoms with van der Waals surface area (Å²) in [6.45, 7) is -0.321. The molecule has 4 N–H and O–H groups in total. The molecule has 0 bridgehead atoms. The third kappa shape index (κ3) is 4.28. The van der Waals surface area contributed by atoms with Crippen molar-refractivity contribution < 1.29 is 20.1 Å². The molecule has 0 fully saturated rings. The first-order valence-electron chi connectivity index (χ1n) is 11.3. The largest absolute Gasteiger partial charge is 0.392 e. The number of carbonyl (C=O) groups is 1. The number of aromatic nitrogens is 3. The maximum absolute atomic E-state index is 13.2. The molecule has 0 saturated carbocycles. The number of aromatic amines is 1. The number of fused-ring (bicyclic) bond motifs is 1. The molecule has 176 valence electrons. The number of rotatable bonds is 8. The van der Waals surface area contributed by atoms with Crippen molar-refractivity contribution in [2.24, 2.45) is 0 Å². The lowest BCUT2D eigenvalue weighted by atomic mass is 9.96. The number of carbonyl (C=O) groups excluding carboxylic acids is 1. The van der Waals surface area contributed by atoms with Crippen molar-refractivity contribution in [3.63, 3.8) is 0 Å². The van der Waals surface area contributed by atoms with Crippen LogP contribution in [0.2, 0.25) is 0 Å². The molecule has 0 radical (unpaired) electrons. The van der Waals surface area contributed by atoms with E-state index >= 15 is 0 Å². The minimum absolute atomic E-state index is 0.296. The van der Waals surface area contributed by atoms with Crippen LogP contribution in [0.15, 0.2) is 79.1 Å². The normalized spacial score (nSPS) is 11.3. The molecule has 0 aliphatic heterocycles. The third-order valence-corrected chi connectivity index (χ3v) is 6.26. The summed E-state index contributed by atoms with van der Waals surface area (Å²) in [4.78, 5) is 20.9. The van der Waals surface area contributed by atoms with Gasteiger partial charge in [0.25, 0.3) is 0 Å². The smallest absolute Gasteiger partial charge is 0.210 e. The van der Waals surface area contributed by atoms with Gasteiger partial charge >= 0.3 is 0 Å². The van der Waals surface area contributed by atoms with Gasteiger partial charge in [0.1, 0.15) is 11.5 Å². The maximum atomic E-state index is 13.2. The molecular formula is C28H25N3O4. The Morgan fingerprint density at radius 2 is 1.57 bits per heavy atom. The number of H-pyrrole nitrogens is 1. The highest BCUT2D eigenvalue weighted by Crippen LogP contribution is 2.30. The van der Waals surface area contributed by atoms with Gasteiger partial charge in [0.05, 0.1) is 26.0 Å². The molecule has 0 saturated heterocycles. The number of nitrogens with one attached hydrogen (secondary N) is 1. The van der Waals surface area contributed by atoms with Gasteiger partial charge in [0.15, 0.2) is 0 Å². The Hall–Kier alpha value is -4.04. The van der Waals surface area contributed by atoms with E-state index in [2.05, 4.69) is 32.7 Å². The number of aliphatic hydroxyl groups excluding tert-OH is 3. The van der Waals surface area contributed by atoms with Gasteiger partial charge in [0.2, 0.25) is 5.78 Å². The van der Waals surface area contributed by atoms with E-state index in [0.29, 0.717) is 40.3 Å².